The maximum atomic E-state index is 9.52. The molecule has 0 unspecified atom stereocenters. The molecule has 0 bridgehead atoms. The average molecular weight is 228 g/mol. The van der Waals surface area contributed by atoms with Crippen LogP contribution in [-0.2, 0) is 6.42 Å². The fourth-order valence-corrected chi connectivity index (χ4v) is 2.78. The van der Waals surface area contributed by atoms with Crippen molar-refractivity contribution < 1.29 is 0 Å². The van der Waals surface area contributed by atoms with Gasteiger partial charge in [-0.05, 0) is 31.9 Å². The molecule has 1 saturated carbocycles. The summed E-state index contributed by atoms with van der Waals surface area (Å²) in [5.74, 6) is 0. The third kappa shape index (κ3) is 3.06. The van der Waals surface area contributed by atoms with Crippen molar-refractivity contribution in [2.24, 2.45) is 5.41 Å². The highest BCUT2D eigenvalue weighted by atomic mass is 14.7. The molecule has 0 aromatic carbocycles. The Kier molecular flexibility index (Phi) is 3.78. The lowest BCUT2D eigenvalue weighted by Crippen LogP contribution is -2.21. The van der Waals surface area contributed by atoms with E-state index in [0.29, 0.717) is 0 Å². The second-order valence-electron chi connectivity index (χ2n) is 5.25. The largest absolute Gasteiger partial charge is 0.258 e. The van der Waals surface area contributed by atoms with Gasteiger partial charge in [0.15, 0.2) is 0 Å². The van der Waals surface area contributed by atoms with Gasteiger partial charge in [0.1, 0.15) is 0 Å². The van der Waals surface area contributed by atoms with Crippen molar-refractivity contribution in [2.45, 2.75) is 51.9 Å². The molecular weight excluding hydrogens is 208 g/mol. The lowest BCUT2D eigenvalue weighted by molar-refractivity contribution is 0.335. The third-order valence-corrected chi connectivity index (χ3v) is 3.76. The van der Waals surface area contributed by atoms with Gasteiger partial charge in [0.05, 0.1) is 11.5 Å². The summed E-state index contributed by atoms with van der Waals surface area (Å²) in [6, 6.07) is 8.69. The van der Waals surface area contributed by atoms with E-state index in [0.717, 1.165) is 30.7 Å². The van der Waals surface area contributed by atoms with Crippen LogP contribution in [0.25, 0.3) is 0 Å². The Morgan fingerprint density at radius 3 is 2.53 bits per heavy atom. The van der Waals surface area contributed by atoms with E-state index in [2.05, 4.69) is 17.1 Å². The summed E-state index contributed by atoms with van der Waals surface area (Å²) in [5.41, 5.74) is 1.97. The van der Waals surface area contributed by atoms with Crippen molar-refractivity contribution >= 4 is 0 Å². The fraction of sp³-hybridized carbons (Fsp3) is 0.600. The summed E-state index contributed by atoms with van der Waals surface area (Å²) >= 11 is 0. The molecule has 1 aromatic heterocycles. The highest BCUT2D eigenvalue weighted by molar-refractivity contribution is 5.15. The van der Waals surface area contributed by atoms with Gasteiger partial charge in [0.2, 0.25) is 0 Å². The van der Waals surface area contributed by atoms with Crippen LogP contribution in [0.4, 0.5) is 0 Å². The van der Waals surface area contributed by atoms with Gasteiger partial charge in [-0.1, -0.05) is 31.7 Å². The van der Waals surface area contributed by atoms with E-state index in [1.807, 2.05) is 19.1 Å². The minimum atomic E-state index is -0.155. The first kappa shape index (κ1) is 12.1. The molecule has 2 rings (SSSR count). The van der Waals surface area contributed by atoms with Crippen molar-refractivity contribution in [1.82, 2.24) is 4.98 Å². The normalized spacial score (nSPS) is 19.3. The van der Waals surface area contributed by atoms with Gasteiger partial charge >= 0.3 is 0 Å². The first-order valence-electron chi connectivity index (χ1n) is 6.58. The average Bonchev–Trinajstić information content (AvgIpc) is 2.55. The Morgan fingerprint density at radius 1 is 1.24 bits per heavy atom. The van der Waals surface area contributed by atoms with Crippen LogP contribution in [0.1, 0.15) is 49.9 Å². The molecule has 0 amide bonds. The molecule has 90 valence electrons. The number of nitrogens with zero attached hydrogens (tertiary/aromatic N) is 2. The van der Waals surface area contributed by atoms with E-state index in [4.69, 9.17) is 0 Å². The molecule has 1 fully saturated rings. The van der Waals surface area contributed by atoms with Crippen molar-refractivity contribution in [3.63, 3.8) is 0 Å². The quantitative estimate of drug-likeness (QED) is 0.722. The summed E-state index contributed by atoms with van der Waals surface area (Å²) in [5, 5.41) is 9.52. The van der Waals surface area contributed by atoms with Gasteiger partial charge in [-0.15, -0.1) is 0 Å². The van der Waals surface area contributed by atoms with Crippen LogP contribution in [0.5, 0.6) is 0 Å². The fourth-order valence-electron chi connectivity index (χ4n) is 2.78. The molecule has 0 spiro atoms. The Labute approximate surface area is 104 Å². The van der Waals surface area contributed by atoms with Crippen LogP contribution >= 0.6 is 0 Å². The summed E-state index contributed by atoms with van der Waals surface area (Å²) in [4.78, 5) is 4.54. The topological polar surface area (TPSA) is 36.7 Å². The first-order chi connectivity index (χ1) is 8.24. The minimum Gasteiger partial charge on any atom is -0.258 e. The smallest absolute Gasteiger partial charge is 0.0693 e. The molecule has 1 aromatic rings. The van der Waals surface area contributed by atoms with Crippen LogP contribution < -0.4 is 0 Å². The number of rotatable bonds is 2. The number of aryl methyl sites for hydroxylation is 1. The number of hydrogen-bond donors (Lipinski definition) is 0. The molecule has 0 saturated heterocycles. The number of nitriles is 1. The molecule has 1 aliphatic rings. The molecule has 2 heteroatoms. The molecule has 17 heavy (non-hydrogen) atoms. The Balaban J connectivity index is 2.16. The molecule has 1 aliphatic carbocycles. The summed E-state index contributed by atoms with van der Waals surface area (Å²) < 4.78 is 0. The first-order valence-corrected chi connectivity index (χ1v) is 6.58. The van der Waals surface area contributed by atoms with E-state index in [1.54, 1.807) is 0 Å². The number of hydrogen-bond acceptors (Lipinski definition) is 2. The Bertz CT molecular complexity index is 409. The lowest BCUT2D eigenvalue weighted by Gasteiger charge is -2.24. The van der Waals surface area contributed by atoms with Crippen molar-refractivity contribution in [1.29, 1.82) is 5.26 Å². The molecule has 2 nitrogen and oxygen atoms in total. The van der Waals surface area contributed by atoms with Crippen LogP contribution in [0.2, 0.25) is 0 Å². The highest BCUT2D eigenvalue weighted by Crippen LogP contribution is 2.37. The van der Waals surface area contributed by atoms with Gasteiger partial charge in [-0.3, -0.25) is 4.98 Å². The zero-order chi connectivity index (χ0) is 12.1. The SMILES string of the molecule is Cc1cccc(CC2(C#N)CCCCCC2)n1. The predicted molar refractivity (Wildman–Crippen MR) is 68.4 cm³/mol. The Hall–Kier alpha value is -1.36. The second-order valence-corrected chi connectivity index (χ2v) is 5.25. The maximum absolute atomic E-state index is 9.52. The van der Waals surface area contributed by atoms with Gasteiger partial charge in [-0.25, -0.2) is 0 Å². The van der Waals surface area contributed by atoms with Crippen molar-refractivity contribution in [3.05, 3.63) is 29.6 Å². The van der Waals surface area contributed by atoms with Crippen LogP contribution in [0.3, 0.4) is 0 Å². The number of pyridine rings is 1. The molecule has 0 N–H and O–H groups in total. The van der Waals surface area contributed by atoms with Crippen molar-refractivity contribution in [3.8, 4) is 6.07 Å². The van der Waals surface area contributed by atoms with E-state index >= 15 is 0 Å². The summed E-state index contributed by atoms with van der Waals surface area (Å²) in [6.07, 6.45) is 7.86. The molecule has 0 atom stereocenters. The highest BCUT2D eigenvalue weighted by Gasteiger charge is 2.31. The van der Waals surface area contributed by atoms with E-state index in [1.165, 1.54) is 25.7 Å². The van der Waals surface area contributed by atoms with Crippen LogP contribution in [0.15, 0.2) is 18.2 Å². The second kappa shape index (κ2) is 5.31. The minimum absolute atomic E-state index is 0.155. The third-order valence-electron chi connectivity index (χ3n) is 3.76. The van der Waals surface area contributed by atoms with Crippen molar-refractivity contribution in [2.75, 3.05) is 0 Å². The standard InChI is InChI=1S/C15H20N2/c1-13-7-6-8-14(17-13)11-15(12-16)9-4-2-3-5-10-15/h6-8H,2-5,9-11H2,1H3. The zero-order valence-electron chi connectivity index (χ0n) is 10.6. The number of aromatic nitrogens is 1. The molecule has 1 heterocycles. The molecular formula is C15H20N2. The monoisotopic (exact) mass is 228 g/mol. The lowest BCUT2D eigenvalue weighted by atomic mass is 9.78. The summed E-state index contributed by atoms with van der Waals surface area (Å²) in [7, 11) is 0. The van der Waals surface area contributed by atoms with Gasteiger partial charge in [-0.2, -0.15) is 5.26 Å². The zero-order valence-corrected chi connectivity index (χ0v) is 10.6. The van der Waals surface area contributed by atoms with Crippen LogP contribution in [-0.4, -0.2) is 4.98 Å². The van der Waals surface area contributed by atoms with Gasteiger partial charge < -0.3 is 0 Å². The van der Waals surface area contributed by atoms with E-state index in [-0.39, 0.29) is 5.41 Å². The Morgan fingerprint density at radius 2 is 1.94 bits per heavy atom. The van der Waals surface area contributed by atoms with Gasteiger partial charge in [0, 0.05) is 17.8 Å². The van der Waals surface area contributed by atoms with Crippen LogP contribution in [0, 0.1) is 23.7 Å². The summed E-state index contributed by atoms with van der Waals surface area (Å²) in [6.45, 7) is 2.01. The van der Waals surface area contributed by atoms with E-state index < -0.39 is 0 Å². The molecule has 0 radical (unpaired) electrons. The maximum Gasteiger partial charge on any atom is 0.0693 e. The van der Waals surface area contributed by atoms with Gasteiger partial charge in [0.25, 0.3) is 0 Å². The van der Waals surface area contributed by atoms with E-state index in [9.17, 15) is 5.26 Å². The molecule has 0 aliphatic heterocycles. The predicted octanol–water partition coefficient (Wildman–Crippen LogP) is 3.80.